The van der Waals surface area contributed by atoms with Gasteiger partial charge in [0.15, 0.2) is 0 Å². The lowest BCUT2D eigenvalue weighted by Crippen LogP contribution is -2.46. The molecule has 4 heteroatoms. The van der Waals surface area contributed by atoms with Crippen LogP contribution in [0, 0.1) is 6.92 Å². The summed E-state index contributed by atoms with van der Waals surface area (Å²) in [5.74, 6) is 0.108. The first kappa shape index (κ1) is 9.80. The Labute approximate surface area is 87.3 Å². The van der Waals surface area contributed by atoms with Crippen LogP contribution in [0.4, 0.5) is 0 Å². The van der Waals surface area contributed by atoms with Gasteiger partial charge in [0, 0.05) is 7.11 Å². The predicted molar refractivity (Wildman–Crippen MR) is 54.8 cm³/mol. The van der Waals surface area contributed by atoms with Crippen LogP contribution in [-0.4, -0.2) is 22.9 Å². The molecule has 1 aromatic rings. The van der Waals surface area contributed by atoms with Crippen LogP contribution in [0.15, 0.2) is 6.07 Å². The van der Waals surface area contributed by atoms with Crippen molar-refractivity contribution in [3.05, 3.63) is 16.6 Å². The van der Waals surface area contributed by atoms with Gasteiger partial charge in [-0.2, -0.15) is 4.37 Å². The number of aryl methyl sites for hydroxylation is 1. The fraction of sp³-hybridized carbons (Fsp3) is 0.600. The van der Waals surface area contributed by atoms with Crippen LogP contribution in [0.25, 0.3) is 0 Å². The summed E-state index contributed by atoms with van der Waals surface area (Å²) in [7, 11) is 1.62. The molecule has 3 nitrogen and oxygen atoms in total. The van der Waals surface area contributed by atoms with Crippen molar-refractivity contribution in [1.82, 2.24) is 4.37 Å². The number of hydrogen-bond acceptors (Lipinski definition) is 4. The minimum Gasteiger partial charge on any atom is -0.370 e. The molecule has 0 aromatic carbocycles. The summed E-state index contributed by atoms with van der Waals surface area (Å²) < 4.78 is 9.44. The van der Waals surface area contributed by atoms with Crippen LogP contribution < -0.4 is 0 Å². The van der Waals surface area contributed by atoms with E-state index in [1.54, 1.807) is 7.11 Å². The van der Waals surface area contributed by atoms with Crippen LogP contribution in [0.5, 0.6) is 0 Å². The summed E-state index contributed by atoms with van der Waals surface area (Å²) in [6, 6.07) is 1.84. The van der Waals surface area contributed by atoms with Gasteiger partial charge in [-0.1, -0.05) is 0 Å². The van der Waals surface area contributed by atoms with E-state index in [1.807, 2.05) is 13.0 Å². The van der Waals surface area contributed by atoms with E-state index >= 15 is 0 Å². The molecule has 0 atom stereocenters. The average Bonchev–Trinajstić information content (AvgIpc) is 2.50. The van der Waals surface area contributed by atoms with E-state index in [0.29, 0.717) is 0 Å². The molecule has 1 aliphatic rings. The highest BCUT2D eigenvalue weighted by atomic mass is 32.1. The number of aromatic nitrogens is 1. The quantitative estimate of drug-likeness (QED) is 0.719. The first-order valence-corrected chi connectivity index (χ1v) is 5.48. The van der Waals surface area contributed by atoms with E-state index in [1.165, 1.54) is 11.5 Å². The van der Waals surface area contributed by atoms with Crippen LogP contribution in [-0.2, 0) is 4.74 Å². The van der Waals surface area contributed by atoms with Crippen molar-refractivity contribution in [2.75, 3.05) is 7.11 Å². The third-order valence-electron chi connectivity index (χ3n) is 2.82. The number of ether oxygens (including phenoxy) is 1. The van der Waals surface area contributed by atoms with Gasteiger partial charge < -0.3 is 4.74 Å². The Morgan fingerprint density at radius 3 is 2.71 bits per heavy atom. The van der Waals surface area contributed by atoms with E-state index in [9.17, 15) is 4.79 Å². The lowest BCUT2D eigenvalue weighted by Gasteiger charge is -2.38. The molecule has 2 rings (SSSR count). The summed E-state index contributed by atoms with van der Waals surface area (Å²) in [5.41, 5.74) is 0.378. The number of carbonyl (C=O) groups is 1. The molecule has 0 amide bonds. The second-order valence-corrected chi connectivity index (χ2v) is 4.52. The smallest absolute Gasteiger partial charge is 0.206 e. The number of ketones is 1. The van der Waals surface area contributed by atoms with Gasteiger partial charge in [-0.25, -0.2) is 0 Å². The minimum absolute atomic E-state index is 0.108. The number of nitrogens with zero attached hydrogens (tertiary/aromatic N) is 1. The summed E-state index contributed by atoms with van der Waals surface area (Å²) in [6.45, 7) is 1.90. The first-order chi connectivity index (χ1) is 6.68. The molecular weight excluding hydrogens is 198 g/mol. The SMILES string of the molecule is COC1(C(=O)c2cc(C)ns2)CCC1. The maximum Gasteiger partial charge on any atom is 0.206 e. The van der Waals surface area contributed by atoms with Crippen molar-refractivity contribution in [3.63, 3.8) is 0 Å². The van der Waals surface area contributed by atoms with E-state index in [-0.39, 0.29) is 5.78 Å². The Balaban J connectivity index is 2.23. The van der Waals surface area contributed by atoms with Crippen LogP contribution in [0.3, 0.4) is 0 Å². The Kier molecular flexibility index (Phi) is 2.41. The van der Waals surface area contributed by atoms with Gasteiger partial charge in [-0.15, -0.1) is 0 Å². The molecule has 1 saturated carbocycles. The Morgan fingerprint density at radius 1 is 1.64 bits per heavy atom. The molecule has 1 heterocycles. The topological polar surface area (TPSA) is 39.2 Å². The predicted octanol–water partition coefficient (Wildman–Crippen LogP) is 2.20. The molecule has 0 radical (unpaired) electrons. The minimum atomic E-state index is -0.529. The molecule has 0 N–H and O–H groups in total. The Hall–Kier alpha value is -0.740. The van der Waals surface area contributed by atoms with Crippen LogP contribution in [0.1, 0.15) is 34.6 Å². The molecule has 1 fully saturated rings. The number of carbonyl (C=O) groups excluding carboxylic acids is 1. The van der Waals surface area contributed by atoms with Gasteiger partial charge in [0.1, 0.15) is 5.60 Å². The van der Waals surface area contributed by atoms with Crippen LogP contribution >= 0.6 is 11.5 Å². The highest BCUT2D eigenvalue weighted by Gasteiger charge is 2.45. The summed E-state index contributed by atoms with van der Waals surface area (Å²) in [6.07, 6.45) is 2.77. The van der Waals surface area contributed by atoms with E-state index < -0.39 is 5.60 Å². The average molecular weight is 211 g/mol. The third kappa shape index (κ3) is 1.38. The van der Waals surface area contributed by atoms with Gasteiger partial charge in [-0.05, 0) is 43.8 Å². The maximum atomic E-state index is 12.0. The van der Waals surface area contributed by atoms with Crippen molar-refractivity contribution in [1.29, 1.82) is 0 Å². The Morgan fingerprint density at radius 2 is 2.36 bits per heavy atom. The van der Waals surface area contributed by atoms with Crippen molar-refractivity contribution >= 4 is 17.3 Å². The number of rotatable bonds is 3. The molecule has 76 valence electrons. The van der Waals surface area contributed by atoms with Gasteiger partial charge >= 0.3 is 0 Å². The third-order valence-corrected chi connectivity index (χ3v) is 3.70. The molecule has 14 heavy (non-hydrogen) atoms. The maximum absolute atomic E-state index is 12.0. The monoisotopic (exact) mass is 211 g/mol. The molecule has 0 saturated heterocycles. The summed E-state index contributed by atoms with van der Waals surface area (Å²) in [4.78, 5) is 12.8. The Bertz CT molecular complexity index is 349. The molecular formula is C10H13NO2S. The van der Waals surface area contributed by atoms with E-state index in [2.05, 4.69) is 4.37 Å². The molecule has 0 unspecified atom stereocenters. The van der Waals surface area contributed by atoms with Crippen molar-refractivity contribution < 1.29 is 9.53 Å². The molecule has 0 bridgehead atoms. The lowest BCUT2D eigenvalue weighted by molar-refractivity contribution is -0.0445. The molecule has 0 spiro atoms. The highest BCUT2D eigenvalue weighted by Crippen LogP contribution is 2.38. The number of hydrogen-bond donors (Lipinski definition) is 0. The fourth-order valence-corrected chi connectivity index (χ4v) is 2.50. The van der Waals surface area contributed by atoms with E-state index in [4.69, 9.17) is 4.74 Å². The van der Waals surface area contributed by atoms with Crippen molar-refractivity contribution in [2.24, 2.45) is 0 Å². The fourth-order valence-electron chi connectivity index (χ4n) is 1.72. The molecule has 0 aliphatic heterocycles. The zero-order chi connectivity index (χ0) is 10.2. The zero-order valence-electron chi connectivity index (χ0n) is 8.37. The standard InChI is InChI=1S/C10H13NO2S/c1-7-6-8(14-11-7)9(12)10(13-2)4-3-5-10/h6H,3-5H2,1-2H3. The number of Topliss-reactive ketones (excluding diaryl/α,β-unsaturated/α-hetero) is 1. The molecule has 1 aliphatic carbocycles. The zero-order valence-corrected chi connectivity index (χ0v) is 9.19. The first-order valence-electron chi connectivity index (χ1n) is 4.71. The van der Waals surface area contributed by atoms with Crippen molar-refractivity contribution in [3.8, 4) is 0 Å². The van der Waals surface area contributed by atoms with Gasteiger partial charge in [-0.3, -0.25) is 4.79 Å². The van der Waals surface area contributed by atoms with Crippen LogP contribution in [0.2, 0.25) is 0 Å². The lowest BCUT2D eigenvalue weighted by atomic mass is 9.76. The van der Waals surface area contributed by atoms with Crippen molar-refractivity contribution in [2.45, 2.75) is 31.8 Å². The summed E-state index contributed by atoms with van der Waals surface area (Å²) in [5, 5.41) is 0. The number of methoxy groups -OCH3 is 1. The highest BCUT2D eigenvalue weighted by molar-refractivity contribution is 7.08. The second kappa shape index (κ2) is 3.44. The summed E-state index contributed by atoms with van der Waals surface area (Å²) >= 11 is 1.27. The van der Waals surface area contributed by atoms with Gasteiger partial charge in [0.25, 0.3) is 0 Å². The largest absolute Gasteiger partial charge is 0.370 e. The molecule has 1 aromatic heterocycles. The van der Waals surface area contributed by atoms with Gasteiger partial charge in [0.2, 0.25) is 5.78 Å². The van der Waals surface area contributed by atoms with E-state index in [0.717, 1.165) is 29.8 Å². The van der Waals surface area contributed by atoms with Gasteiger partial charge in [0.05, 0.1) is 10.6 Å². The second-order valence-electron chi connectivity index (χ2n) is 3.71. The normalized spacial score (nSPS) is 19.0.